The lowest BCUT2D eigenvalue weighted by Crippen LogP contribution is -2.47. The number of anilines is 1. The molecule has 0 spiro atoms. The van der Waals surface area contributed by atoms with E-state index in [0.717, 1.165) is 43.5 Å². The molecular weight excluding hydrogens is 379 g/mol. The van der Waals surface area contributed by atoms with E-state index in [1.165, 1.54) is 16.6 Å². The van der Waals surface area contributed by atoms with Crippen molar-refractivity contribution < 1.29 is 12.8 Å². The first-order valence-corrected chi connectivity index (χ1v) is 11.1. The smallest absolute Gasteiger partial charge is 0.244 e. The maximum atomic E-state index is 13.7. The van der Waals surface area contributed by atoms with Gasteiger partial charge in [0, 0.05) is 32.4 Å². The van der Waals surface area contributed by atoms with Crippen molar-refractivity contribution in [2.45, 2.75) is 30.2 Å². The first-order chi connectivity index (χ1) is 13.4. The number of sulfonamides is 1. The van der Waals surface area contributed by atoms with Crippen LogP contribution < -0.4 is 5.32 Å². The first kappa shape index (κ1) is 19.3. The lowest BCUT2D eigenvalue weighted by atomic mass is 9.87. The molecule has 1 unspecified atom stereocenters. The molecule has 1 N–H and O–H groups in total. The summed E-state index contributed by atoms with van der Waals surface area (Å²) in [6.45, 7) is 2.43. The number of nitrogens with one attached hydrogen (secondary N) is 1. The summed E-state index contributed by atoms with van der Waals surface area (Å²) in [6.07, 6.45) is 4.26. The number of halogens is 1. The van der Waals surface area contributed by atoms with Crippen molar-refractivity contribution >= 4 is 15.8 Å². The van der Waals surface area contributed by atoms with E-state index in [9.17, 15) is 12.8 Å². The predicted molar refractivity (Wildman–Crippen MR) is 106 cm³/mol. The highest BCUT2D eigenvalue weighted by Gasteiger charge is 2.28. The van der Waals surface area contributed by atoms with E-state index in [0.29, 0.717) is 18.9 Å². The third kappa shape index (κ3) is 3.90. The number of likely N-dealkylation sites (N-methyl/N-ethyl adjacent to an activating group) is 1. The Hall–Kier alpha value is -2.03. The molecule has 1 aliphatic carbocycles. The molecular formula is C20H25FN4O2S. The minimum atomic E-state index is -3.52. The van der Waals surface area contributed by atoms with Crippen LogP contribution in [0.2, 0.25) is 0 Å². The van der Waals surface area contributed by atoms with Crippen LogP contribution in [0.4, 0.5) is 10.2 Å². The molecule has 150 valence electrons. The predicted octanol–water partition coefficient (Wildman–Crippen LogP) is 2.65. The van der Waals surface area contributed by atoms with Crippen molar-refractivity contribution in [1.82, 2.24) is 14.2 Å². The number of benzene rings is 1. The number of piperazine rings is 1. The highest BCUT2D eigenvalue weighted by atomic mass is 32.2. The highest BCUT2D eigenvalue weighted by Crippen LogP contribution is 2.32. The van der Waals surface area contributed by atoms with Crippen LogP contribution in [0.1, 0.15) is 30.0 Å². The zero-order chi connectivity index (χ0) is 19.7. The van der Waals surface area contributed by atoms with E-state index in [1.807, 2.05) is 13.1 Å². The van der Waals surface area contributed by atoms with Crippen LogP contribution in [-0.4, -0.2) is 55.8 Å². The maximum Gasteiger partial charge on any atom is 0.244 e. The quantitative estimate of drug-likeness (QED) is 0.849. The average molecular weight is 405 g/mol. The summed E-state index contributed by atoms with van der Waals surface area (Å²) in [5.41, 5.74) is 2.11. The Morgan fingerprint density at radius 3 is 2.64 bits per heavy atom. The minimum absolute atomic E-state index is 0.0213. The van der Waals surface area contributed by atoms with Gasteiger partial charge in [-0.05, 0) is 61.7 Å². The second-order valence-electron chi connectivity index (χ2n) is 7.52. The fourth-order valence-corrected chi connectivity index (χ4v) is 5.26. The third-order valence-electron chi connectivity index (χ3n) is 5.58. The molecule has 1 fully saturated rings. The van der Waals surface area contributed by atoms with Gasteiger partial charge in [-0.2, -0.15) is 4.31 Å². The van der Waals surface area contributed by atoms with Crippen LogP contribution in [-0.2, 0) is 16.4 Å². The summed E-state index contributed by atoms with van der Waals surface area (Å²) in [5, 5.41) is 3.34. The molecule has 0 bridgehead atoms. The van der Waals surface area contributed by atoms with Gasteiger partial charge in [-0.15, -0.1) is 0 Å². The lowest BCUT2D eigenvalue weighted by molar-refractivity contribution is 0.222. The molecule has 4 rings (SSSR count). The minimum Gasteiger partial charge on any atom is -0.363 e. The summed E-state index contributed by atoms with van der Waals surface area (Å²) in [6, 6.07) is 8.19. The third-order valence-corrected chi connectivity index (χ3v) is 7.46. The van der Waals surface area contributed by atoms with Crippen molar-refractivity contribution in [3.05, 3.63) is 53.5 Å². The Balaban J connectivity index is 1.50. The van der Waals surface area contributed by atoms with Gasteiger partial charge in [-0.3, -0.25) is 0 Å². The van der Waals surface area contributed by atoms with Gasteiger partial charge in [0.1, 0.15) is 16.5 Å². The Morgan fingerprint density at radius 1 is 1.14 bits per heavy atom. The number of rotatable bonds is 4. The van der Waals surface area contributed by atoms with Gasteiger partial charge in [0.15, 0.2) is 0 Å². The molecule has 1 atom stereocenters. The summed E-state index contributed by atoms with van der Waals surface area (Å²) < 4.78 is 40.8. The molecule has 28 heavy (non-hydrogen) atoms. The zero-order valence-corrected chi connectivity index (χ0v) is 16.8. The summed E-state index contributed by atoms with van der Waals surface area (Å²) in [5.74, 6) is 0.355. The van der Waals surface area contributed by atoms with Crippen molar-refractivity contribution in [2.75, 3.05) is 38.5 Å². The Bertz CT molecular complexity index is 941. The van der Waals surface area contributed by atoms with E-state index in [4.69, 9.17) is 0 Å². The van der Waals surface area contributed by atoms with Crippen molar-refractivity contribution in [3.8, 4) is 0 Å². The number of fused-ring (bicyclic) bond motifs is 1. The van der Waals surface area contributed by atoms with Gasteiger partial charge in [0.05, 0.1) is 6.04 Å². The molecule has 1 aromatic carbocycles. The molecule has 1 aromatic heterocycles. The van der Waals surface area contributed by atoms with Gasteiger partial charge in [0.25, 0.3) is 0 Å². The summed E-state index contributed by atoms with van der Waals surface area (Å²) in [4.78, 5) is 6.64. The van der Waals surface area contributed by atoms with Gasteiger partial charge < -0.3 is 10.2 Å². The average Bonchev–Trinajstić information content (AvgIpc) is 2.69. The highest BCUT2D eigenvalue weighted by molar-refractivity contribution is 7.89. The fraction of sp³-hybridized carbons (Fsp3) is 0.450. The van der Waals surface area contributed by atoms with E-state index in [2.05, 4.69) is 15.2 Å². The SMILES string of the molecule is CN1CCN(S(=O)(=O)c2ccc(NC3CCCc4ccc(F)cc43)nc2)CC1. The first-order valence-electron chi connectivity index (χ1n) is 9.63. The number of hydrogen-bond donors (Lipinski definition) is 1. The van der Waals surface area contributed by atoms with E-state index < -0.39 is 10.0 Å². The van der Waals surface area contributed by atoms with Gasteiger partial charge in [-0.1, -0.05) is 6.07 Å². The summed E-state index contributed by atoms with van der Waals surface area (Å²) in [7, 11) is -1.54. The molecule has 6 nitrogen and oxygen atoms in total. The monoisotopic (exact) mass is 404 g/mol. The molecule has 0 amide bonds. The topological polar surface area (TPSA) is 65.5 Å². The molecule has 2 aromatic rings. The van der Waals surface area contributed by atoms with Crippen molar-refractivity contribution in [2.24, 2.45) is 0 Å². The van der Waals surface area contributed by atoms with Gasteiger partial charge >= 0.3 is 0 Å². The number of nitrogens with zero attached hydrogens (tertiary/aromatic N) is 3. The second-order valence-corrected chi connectivity index (χ2v) is 9.46. The van der Waals surface area contributed by atoms with Crippen molar-refractivity contribution in [3.63, 3.8) is 0 Å². The van der Waals surface area contributed by atoms with Crippen LogP contribution in [0.25, 0.3) is 0 Å². The Labute approximate surface area is 165 Å². The molecule has 1 aliphatic heterocycles. The summed E-state index contributed by atoms with van der Waals surface area (Å²) >= 11 is 0. The van der Waals surface area contributed by atoms with Crippen LogP contribution in [0.5, 0.6) is 0 Å². The molecule has 1 saturated heterocycles. The molecule has 0 radical (unpaired) electrons. The van der Waals surface area contributed by atoms with E-state index in [-0.39, 0.29) is 16.8 Å². The number of aryl methyl sites for hydroxylation is 1. The fourth-order valence-electron chi connectivity index (χ4n) is 3.89. The van der Waals surface area contributed by atoms with Crippen LogP contribution in [0, 0.1) is 5.82 Å². The number of hydrogen-bond acceptors (Lipinski definition) is 5. The van der Waals surface area contributed by atoms with Crippen LogP contribution in [0.3, 0.4) is 0 Å². The standard InChI is InChI=1S/C20H25FN4O2S/c1-24-9-11-25(12-10-24)28(26,27)17-7-8-20(22-14-17)23-19-4-2-3-15-5-6-16(21)13-18(15)19/h5-8,13-14,19H,2-4,9-12H2,1H3,(H,22,23). The van der Waals surface area contributed by atoms with E-state index >= 15 is 0 Å². The van der Waals surface area contributed by atoms with Crippen LogP contribution >= 0.6 is 0 Å². The second kappa shape index (κ2) is 7.77. The maximum absolute atomic E-state index is 13.7. The van der Waals surface area contributed by atoms with Crippen LogP contribution in [0.15, 0.2) is 41.4 Å². The van der Waals surface area contributed by atoms with Gasteiger partial charge in [-0.25, -0.2) is 17.8 Å². The molecule has 8 heteroatoms. The molecule has 0 saturated carbocycles. The zero-order valence-electron chi connectivity index (χ0n) is 15.9. The van der Waals surface area contributed by atoms with Crippen molar-refractivity contribution in [1.29, 1.82) is 0 Å². The normalized spacial score (nSPS) is 21.3. The van der Waals surface area contributed by atoms with E-state index in [1.54, 1.807) is 18.2 Å². The number of pyridine rings is 1. The number of aromatic nitrogens is 1. The lowest BCUT2D eigenvalue weighted by Gasteiger charge is -2.31. The Kier molecular flexibility index (Phi) is 5.35. The Morgan fingerprint density at radius 2 is 1.93 bits per heavy atom. The van der Waals surface area contributed by atoms with Gasteiger partial charge in [0.2, 0.25) is 10.0 Å². The largest absolute Gasteiger partial charge is 0.363 e. The molecule has 2 heterocycles. The molecule has 2 aliphatic rings.